The van der Waals surface area contributed by atoms with Crippen molar-refractivity contribution in [2.45, 2.75) is 25.6 Å². The smallest absolute Gasteiger partial charge is 0.305 e. The number of carbonyl (C=O) groups excluding carboxylic acids is 1. The van der Waals surface area contributed by atoms with E-state index in [4.69, 9.17) is 0 Å². The lowest BCUT2D eigenvalue weighted by molar-refractivity contribution is -0.137. The molecule has 174 valence electrons. The summed E-state index contributed by atoms with van der Waals surface area (Å²) in [6.45, 7) is 3.02. The van der Waals surface area contributed by atoms with Crippen molar-refractivity contribution >= 4 is 22.6 Å². The third kappa shape index (κ3) is 4.62. The number of benzene rings is 1. The number of aromatic nitrogens is 4. The third-order valence-corrected chi connectivity index (χ3v) is 5.84. The van der Waals surface area contributed by atoms with Gasteiger partial charge in [0.15, 0.2) is 5.69 Å². The minimum atomic E-state index is -4.53. The fraction of sp³-hybridized carbons (Fsp3) is 0.250. The number of anilines is 1. The van der Waals surface area contributed by atoms with Gasteiger partial charge in [0, 0.05) is 36.1 Å². The summed E-state index contributed by atoms with van der Waals surface area (Å²) >= 11 is 0. The molecular formula is C24H21F3N6O. The van der Waals surface area contributed by atoms with E-state index >= 15 is 0 Å². The second-order valence-corrected chi connectivity index (χ2v) is 8.28. The maximum atomic E-state index is 13.0. The average molecular weight is 466 g/mol. The van der Waals surface area contributed by atoms with Crippen molar-refractivity contribution < 1.29 is 18.0 Å². The van der Waals surface area contributed by atoms with Crippen LogP contribution in [0.2, 0.25) is 0 Å². The van der Waals surface area contributed by atoms with E-state index in [0.29, 0.717) is 10.9 Å². The number of rotatable bonds is 5. The highest BCUT2D eigenvalue weighted by Crippen LogP contribution is 2.30. The number of fused-ring (bicyclic) bond motifs is 1. The number of pyridine rings is 2. The van der Waals surface area contributed by atoms with Gasteiger partial charge in [0.25, 0.3) is 5.91 Å². The third-order valence-electron chi connectivity index (χ3n) is 5.84. The molecule has 4 heterocycles. The molecule has 1 fully saturated rings. The number of H-pyrrole nitrogens is 1. The zero-order chi connectivity index (χ0) is 23.7. The van der Waals surface area contributed by atoms with Crippen LogP contribution in [0.3, 0.4) is 0 Å². The highest BCUT2D eigenvalue weighted by Gasteiger charge is 2.31. The summed E-state index contributed by atoms with van der Waals surface area (Å²) in [5.41, 5.74) is 2.68. The van der Waals surface area contributed by atoms with Crippen molar-refractivity contribution in [3.8, 4) is 11.1 Å². The van der Waals surface area contributed by atoms with E-state index in [2.05, 4.69) is 36.4 Å². The Morgan fingerprint density at radius 2 is 1.88 bits per heavy atom. The normalized spacial score (nSPS) is 14.6. The summed E-state index contributed by atoms with van der Waals surface area (Å²) < 4.78 is 38.9. The number of hydrogen-bond donors (Lipinski definition) is 2. The number of amides is 1. The first kappa shape index (κ1) is 22.0. The SMILES string of the molecule is O=C(Nc1cc(C(F)(F)F)ccn1)c1n[nH]c2ccc(-c3cncc(CN4CCCC4)c3)cc12. The van der Waals surface area contributed by atoms with Crippen molar-refractivity contribution in [1.29, 1.82) is 0 Å². The lowest BCUT2D eigenvalue weighted by Crippen LogP contribution is -2.18. The second-order valence-electron chi connectivity index (χ2n) is 8.28. The van der Waals surface area contributed by atoms with Crippen molar-refractivity contribution in [1.82, 2.24) is 25.1 Å². The summed E-state index contributed by atoms with van der Waals surface area (Å²) in [5, 5.41) is 9.82. The second kappa shape index (κ2) is 8.86. The number of aromatic amines is 1. The van der Waals surface area contributed by atoms with Gasteiger partial charge in [-0.25, -0.2) is 4.98 Å². The average Bonchev–Trinajstić information content (AvgIpc) is 3.48. The van der Waals surface area contributed by atoms with Gasteiger partial charge in [-0.15, -0.1) is 0 Å². The van der Waals surface area contributed by atoms with Gasteiger partial charge < -0.3 is 5.32 Å². The maximum absolute atomic E-state index is 13.0. The predicted molar refractivity (Wildman–Crippen MR) is 121 cm³/mol. The van der Waals surface area contributed by atoms with Gasteiger partial charge in [0.05, 0.1) is 11.1 Å². The molecule has 0 aliphatic carbocycles. The molecule has 5 rings (SSSR count). The van der Waals surface area contributed by atoms with Gasteiger partial charge in [0.2, 0.25) is 0 Å². The molecule has 0 radical (unpaired) electrons. The number of alkyl halides is 3. The van der Waals surface area contributed by atoms with Crippen LogP contribution in [0.15, 0.2) is 55.0 Å². The van der Waals surface area contributed by atoms with E-state index in [0.717, 1.165) is 54.7 Å². The van der Waals surface area contributed by atoms with E-state index in [1.54, 1.807) is 6.20 Å². The van der Waals surface area contributed by atoms with Crippen LogP contribution in [0.1, 0.15) is 34.5 Å². The molecule has 34 heavy (non-hydrogen) atoms. The molecule has 0 unspecified atom stereocenters. The molecule has 10 heteroatoms. The molecule has 0 atom stereocenters. The maximum Gasteiger partial charge on any atom is 0.416 e. The van der Waals surface area contributed by atoms with Crippen LogP contribution in [0.5, 0.6) is 0 Å². The molecule has 0 bridgehead atoms. The zero-order valence-electron chi connectivity index (χ0n) is 18.1. The quantitative estimate of drug-likeness (QED) is 0.438. The Bertz CT molecular complexity index is 1340. The summed E-state index contributed by atoms with van der Waals surface area (Å²) in [7, 11) is 0. The van der Waals surface area contributed by atoms with Crippen LogP contribution in [-0.2, 0) is 12.7 Å². The van der Waals surface area contributed by atoms with Gasteiger partial charge >= 0.3 is 6.18 Å². The lowest BCUT2D eigenvalue weighted by Gasteiger charge is -2.14. The van der Waals surface area contributed by atoms with Crippen LogP contribution in [0.25, 0.3) is 22.0 Å². The summed E-state index contributed by atoms with van der Waals surface area (Å²) in [6, 6.07) is 9.26. The van der Waals surface area contributed by atoms with Crippen LogP contribution < -0.4 is 5.32 Å². The highest BCUT2D eigenvalue weighted by atomic mass is 19.4. The Labute approximate surface area is 193 Å². The van der Waals surface area contributed by atoms with E-state index in [-0.39, 0.29) is 11.5 Å². The van der Waals surface area contributed by atoms with Crippen molar-refractivity contribution in [2.75, 3.05) is 18.4 Å². The van der Waals surface area contributed by atoms with Crippen LogP contribution in [0, 0.1) is 0 Å². The van der Waals surface area contributed by atoms with Crippen LogP contribution in [-0.4, -0.2) is 44.1 Å². The monoisotopic (exact) mass is 466 g/mol. The Morgan fingerprint density at radius 1 is 1.06 bits per heavy atom. The molecule has 4 aromatic rings. The largest absolute Gasteiger partial charge is 0.416 e. The Hall–Kier alpha value is -3.79. The zero-order valence-corrected chi connectivity index (χ0v) is 18.1. The van der Waals surface area contributed by atoms with Crippen molar-refractivity contribution in [3.05, 3.63) is 71.8 Å². The number of carbonyl (C=O) groups is 1. The van der Waals surface area contributed by atoms with Crippen molar-refractivity contribution in [2.24, 2.45) is 0 Å². The summed E-state index contributed by atoms with van der Waals surface area (Å²) in [4.78, 5) is 23.4. The molecule has 0 spiro atoms. The summed E-state index contributed by atoms with van der Waals surface area (Å²) in [6.07, 6.45) is 2.52. The van der Waals surface area contributed by atoms with Gasteiger partial charge in [-0.05, 0) is 67.4 Å². The van der Waals surface area contributed by atoms with E-state index in [9.17, 15) is 18.0 Å². The molecule has 1 saturated heterocycles. The lowest BCUT2D eigenvalue weighted by atomic mass is 10.0. The van der Waals surface area contributed by atoms with E-state index < -0.39 is 17.6 Å². The fourth-order valence-electron chi connectivity index (χ4n) is 4.15. The highest BCUT2D eigenvalue weighted by molar-refractivity contribution is 6.11. The van der Waals surface area contributed by atoms with Gasteiger partial charge in [-0.1, -0.05) is 6.07 Å². The molecule has 1 amide bonds. The van der Waals surface area contributed by atoms with Gasteiger partial charge in [-0.2, -0.15) is 18.3 Å². The molecule has 3 aromatic heterocycles. The van der Waals surface area contributed by atoms with Crippen LogP contribution >= 0.6 is 0 Å². The Balaban J connectivity index is 1.41. The van der Waals surface area contributed by atoms with E-state index in [1.807, 2.05) is 24.4 Å². The number of hydrogen-bond acceptors (Lipinski definition) is 5. The molecule has 7 nitrogen and oxygen atoms in total. The van der Waals surface area contributed by atoms with Crippen molar-refractivity contribution in [3.63, 3.8) is 0 Å². The number of likely N-dealkylation sites (tertiary alicyclic amines) is 1. The molecule has 2 N–H and O–H groups in total. The molecular weight excluding hydrogens is 445 g/mol. The standard InChI is InChI=1S/C24H21F3N6O/c25-24(26,27)18-5-6-29-21(11-18)30-23(34)22-19-10-16(3-4-20(19)31-32-22)17-9-15(12-28-13-17)14-33-7-1-2-8-33/h3-6,9-13H,1-2,7-8,14H2,(H,31,32)(H,29,30,34). The molecule has 1 aromatic carbocycles. The first-order valence-corrected chi connectivity index (χ1v) is 10.9. The van der Waals surface area contributed by atoms with Gasteiger partial charge in [0.1, 0.15) is 5.82 Å². The van der Waals surface area contributed by atoms with Gasteiger partial charge in [-0.3, -0.25) is 19.8 Å². The van der Waals surface area contributed by atoms with E-state index in [1.165, 1.54) is 12.8 Å². The first-order valence-electron chi connectivity index (χ1n) is 10.9. The molecule has 1 aliphatic heterocycles. The summed E-state index contributed by atoms with van der Waals surface area (Å²) in [5.74, 6) is -0.859. The topological polar surface area (TPSA) is 86.8 Å². The number of nitrogens with zero attached hydrogens (tertiary/aromatic N) is 4. The first-order chi connectivity index (χ1) is 16.4. The van der Waals surface area contributed by atoms with Crippen LogP contribution in [0.4, 0.5) is 19.0 Å². The number of nitrogens with one attached hydrogen (secondary N) is 2. The number of halogens is 3. The minimum absolute atomic E-state index is 0.0669. The Morgan fingerprint density at radius 3 is 2.68 bits per heavy atom. The Kier molecular flexibility index (Phi) is 5.74. The molecule has 0 saturated carbocycles. The fourth-order valence-corrected chi connectivity index (χ4v) is 4.15. The minimum Gasteiger partial charge on any atom is -0.305 e. The predicted octanol–water partition coefficient (Wildman–Crippen LogP) is 4.89. The molecule has 1 aliphatic rings.